The van der Waals surface area contributed by atoms with E-state index >= 15 is 0 Å². The number of rotatable bonds is 4. The first kappa shape index (κ1) is 19.8. The van der Waals surface area contributed by atoms with Gasteiger partial charge in [0, 0.05) is 29.1 Å². The summed E-state index contributed by atoms with van der Waals surface area (Å²) in [5, 5.41) is 5.75. The first-order chi connectivity index (χ1) is 12.7. The molecule has 0 radical (unpaired) electrons. The van der Waals surface area contributed by atoms with Crippen LogP contribution in [-0.4, -0.2) is 28.5 Å². The number of hydrogen-bond donors (Lipinski definition) is 1. The number of carbonyl (C=O) groups excluding carboxylic acids is 1. The third kappa shape index (κ3) is 4.30. The second-order valence-corrected chi connectivity index (χ2v) is 8.83. The highest BCUT2D eigenvalue weighted by Gasteiger charge is 2.33. The van der Waals surface area contributed by atoms with Crippen LogP contribution in [0.5, 0.6) is 0 Å². The van der Waals surface area contributed by atoms with Crippen LogP contribution in [0.3, 0.4) is 0 Å². The molecule has 1 atom stereocenters. The number of pyridine rings is 1. The standard InChI is InChI=1S/C19H22ClFN4OS/c1-11(21)12-8-13(20)16(22-9-12)25-7-5-6-14(25)17(26)24-18-23-15(10-27-18)19(2,3)4/h8-10,14H,1,5-7H2,2-4H3,(H,23,24,26). The SMILES string of the molecule is C=C(F)c1cnc(N2CCCC2C(=O)Nc2nc(C(C)(C)C)cs2)c(Cl)c1. The molecule has 0 spiro atoms. The van der Waals surface area contributed by atoms with Gasteiger partial charge in [0.2, 0.25) is 5.91 Å². The molecule has 8 heteroatoms. The second kappa shape index (κ2) is 7.56. The number of aromatic nitrogens is 2. The minimum absolute atomic E-state index is 0.0709. The van der Waals surface area contributed by atoms with Crippen molar-refractivity contribution in [2.75, 3.05) is 16.8 Å². The summed E-state index contributed by atoms with van der Waals surface area (Å²) in [4.78, 5) is 23.4. The highest BCUT2D eigenvalue weighted by molar-refractivity contribution is 7.14. The average molecular weight is 409 g/mol. The number of anilines is 2. The number of thiazole rings is 1. The number of hydrogen-bond acceptors (Lipinski definition) is 5. The molecule has 3 rings (SSSR count). The van der Waals surface area contributed by atoms with E-state index < -0.39 is 11.9 Å². The van der Waals surface area contributed by atoms with Gasteiger partial charge in [-0.25, -0.2) is 14.4 Å². The molecule has 0 aromatic carbocycles. The highest BCUT2D eigenvalue weighted by Crippen LogP contribution is 2.33. The number of carbonyl (C=O) groups is 1. The van der Waals surface area contributed by atoms with Gasteiger partial charge < -0.3 is 10.2 Å². The molecular weight excluding hydrogens is 387 g/mol. The fraction of sp³-hybridized carbons (Fsp3) is 0.421. The first-order valence-electron chi connectivity index (χ1n) is 8.70. The van der Waals surface area contributed by atoms with E-state index in [2.05, 4.69) is 42.6 Å². The topological polar surface area (TPSA) is 58.1 Å². The summed E-state index contributed by atoms with van der Waals surface area (Å²) in [6, 6.07) is 1.09. The summed E-state index contributed by atoms with van der Waals surface area (Å²) in [5.74, 6) is -0.252. The molecule has 144 valence electrons. The van der Waals surface area contributed by atoms with Crippen LogP contribution in [-0.2, 0) is 10.2 Å². The van der Waals surface area contributed by atoms with Crippen molar-refractivity contribution in [3.05, 3.63) is 40.5 Å². The molecule has 1 N–H and O–H groups in total. The van der Waals surface area contributed by atoms with Gasteiger partial charge in [0.25, 0.3) is 0 Å². The Labute approximate surface area is 167 Å². The van der Waals surface area contributed by atoms with Gasteiger partial charge >= 0.3 is 0 Å². The van der Waals surface area contributed by atoms with Crippen LogP contribution < -0.4 is 10.2 Å². The summed E-state index contributed by atoms with van der Waals surface area (Å²) in [5.41, 5.74) is 1.11. The van der Waals surface area contributed by atoms with E-state index in [0.29, 0.717) is 28.9 Å². The Morgan fingerprint density at radius 3 is 2.81 bits per heavy atom. The summed E-state index contributed by atoms with van der Waals surface area (Å²) in [6.07, 6.45) is 2.92. The monoisotopic (exact) mass is 408 g/mol. The fourth-order valence-electron chi connectivity index (χ4n) is 2.95. The minimum Gasteiger partial charge on any atom is -0.343 e. The summed E-state index contributed by atoms with van der Waals surface area (Å²) in [7, 11) is 0. The van der Waals surface area contributed by atoms with Crippen molar-refractivity contribution in [1.82, 2.24) is 9.97 Å². The third-order valence-electron chi connectivity index (χ3n) is 4.47. The molecule has 0 saturated carbocycles. The number of nitrogens with one attached hydrogen (secondary N) is 1. The first-order valence-corrected chi connectivity index (χ1v) is 9.96. The van der Waals surface area contributed by atoms with Gasteiger partial charge in [-0.3, -0.25) is 4.79 Å². The lowest BCUT2D eigenvalue weighted by molar-refractivity contribution is -0.117. The molecule has 1 unspecified atom stereocenters. The zero-order valence-corrected chi connectivity index (χ0v) is 17.1. The van der Waals surface area contributed by atoms with Crippen LogP contribution in [0, 0.1) is 0 Å². The maximum Gasteiger partial charge on any atom is 0.248 e. The summed E-state index contributed by atoms with van der Waals surface area (Å²) < 4.78 is 13.3. The van der Waals surface area contributed by atoms with Crippen molar-refractivity contribution >= 4 is 45.6 Å². The predicted molar refractivity (Wildman–Crippen MR) is 109 cm³/mol. The van der Waals surface area contributed by atoms with E-state index in [-0.39, 0.29) is 16.9 Å². The Morgan fingerprint density at radius 1 is 1.48 bits per heavy atom. The van der Waals surface area contributed by atoms with Crippen LogP contribution in [0.2, 0.25) is 5.02 Å². The lowest BCUT2D eigenvalue weighted by Gasteiger charge is -2.25. The Morgan fingerprint density at radius 2 is 2.22 bits per heavy atom. The van der Waals surface area contributed by atoms with Gasteiger partial charge in [0.15, 0.2) is 5.13 Å². The van der Waals surface area contributed by atoms with E-state index in [9.17, 15) is 9.18 Å². The molecule has 1 aliphatic heterocycles. The lowest BCUT2D eigenvalue weighted by atomic mass is 9.93. The second-order valence-electron chi connectivity index (χ2n) is 7.56. The number of halogens is 2. The molecule has 3 heterocycles. The number of nitrogens with zero attached hydrogens (tertiary/aromatic N) is 3. The predicted octanol–water partition coefficient (Wildman–Crippen LogP) is 5.04. The average Bonchev–Trinajstić information content (AvgIpc) is 3.23. The Kier molecular flexibility index (Phi) is 5.53. The van der Waals surface area contributed by atoms with Crippen molar-refractivity contribution in [2.24, 2.45) is 0 Å². The maximum absolute atomic E-state index is 13.3. The van der Waals surface area contributed by atoms with E-state index in [1.165, 1.54) is 23.6 Å². The highest BCUT2D eigenvalue weighted by atomic mass is 35.5. The fourth-order valence-corrected chi connectivity index (χ4v) is 4.16. The van der Waals surface area contributed by atoms with Gasteiger partial charge in [-0.15, -0.1) is 11.3 Å². The number of amides is 1. The molecule has 0 aliphatic carbocycles. The summed E-state index contributed by atoms with van der Waals surface area (Å²) in [6.45, 7) is 10.1. The van der Waals surface area contributed by atoms with Gasteiger partial charge in [0.1, 0.15) is 17.7 Å². The summed E-state index contributed by atoms with van der Waals surface area (Å²) >= 11 is 7.70. The van der Waals surface area contributed by atoms with Crippen LogP contribution in [0.4, 0.5) is 15.3 Å². The molecular formula is C19H22ClFN4OS. The van der Waals surface area contributed by atoms with Crippen molar-refractivity contribution in [3.8, 4) is 0 Å². The zero-order chi connectivity index (χ0) is 19.8. The Hall–Kier alpha value is -1.99. The molecule has 1 amide bonds. The van der Waals surface area contributed by atoms with Crippen LogP contribution in [0.15, 0.2) is 24.2 Å². The molecule has 27 heavy (non-hydrogen) atoms. The molecule has 5 nitrogen and oxygen atoms in total. The van der Waals surface area contributed by atoms with Crippen LogP contribution in [0.25, 0.3) is 5.83 Å². The van der Waals surface area contributed by atoms with Gasteiger partial charge in [-0.05, 0) is 18.9 Å². The van der Waals surface area contributed by atoms with Crippen molar-refractivity contribution in [3.63, 3.8) is 0 Å². The Balaban J connectivity index is 1.77. The van der Waals surface area contributed by atoms with Crippen molar-refractivity contribution in [1.29, 1.82) is 0 Å². The van der Waals surface area contributed by atoms with E-state index in [1.807, 2.05) is 10.3 Å². The molecule has 2 aromatic rings. The van der Waals surface area contributed by atoms with Gasteiger partial charge in [0.05, 0.1) is 10.7 Å². The van der Waals surface area contributed by atoms with E-state index in [0.717, 1.165) is 12.1 Å². The maximum atomic E-state index is 13.3. The molecule has 2 aromatic heterocycles. The Bertz CT molecular complexity index is 877. The quantitative estimate of drug-likeness (QED) is 0.770. The van der Waals surface area contributed by atoms with Crippen molar-refractivity contribution < 1.29 is 9.18 Å². The minimum atomic E-state index is -0.593. The molecule has 1 aliphatic rings. The normalized spacial score (nSPS) is 17.2. The molecule has 1 fully saturated rings. The van der Waals surface area contributed by atoms with Crippen molar-refractivity contribution in [2.45, 2.75) is 45.1 Å². The smallest absolute Gasteiger partial charge is 0.248 e. The van der Waals surface area contributed by atoms with E-state index in [4.69, 9.17) is 11.6 Å². The zero-order valence-electron chi connectivity index (χ0n) is 15.6. The van der Waals surface area contributed by atoms with Crippen LogP contribution in [0.1, 0.15) is 44.9 Å². The van der Waals surface area contributed by atoms with Gasteiger partial charge in [-0.2, -0.15) is 0 Å². The van der Waals surface area contributed by atoms with Crippen LogP contribution >= 0.6 is 22.9 Å². The lowest BCUT2D eigenvalue weighted by Crippen LogP contribution is -2.40. The molecule has 1 saturated heterocycles. The van der Waals surface area contributed by atoms with Gasteiger partial charge in [-0.1, -0.05) is 39.0 Å². The van der Waals surface area contributed by atoms with E-state index in [1.54, 1.807) is 0 Å². The third-order valence-corrected chi connectivity index (χ3v) is 5.50. The molecule has 0 bridgehead atoms. The largest absolute Gasteiger partial charge is 0.343 e.